The fourth-order valence-corrected chi connectivity index (χ4v) is 3.85. The molecule has 1 aliphatic rings. The van der Waals surface area contributed by atoms with E-state index in [4.69, 9.17) is 0 Å². The van der Waals surface area contributed by atoms with Crippen LogP contribution in [0.5, 0.6) is 0 Å². The van der Waals surface area contributed by atoms with Gasteiger partial charge in [0.2, 0.25) is 10.0 Å². The van der Waals surface area contributed by atoms with Gasteiger partial charge >= 0.3 is 0 Å². The number of hydrogen-bond donors (Lipinski definition) is 2. The third kappa shape index (κ3) is 6.71. The molecule has 18 heavy (non-hydrogen) atoms. The fourth-order valence-electron chi connectivity index (χ4n) is 2.40. The summed E-state index contributed by atoms with van der Waals surface area (Å²) in [6, 6.07) is 0.454. The first-order valence-corrected chi connectivity index (χ1v) is 8.92. The Morgan fingerprint density at radius 3 is 2.78 bits per heavy atom. The van der Waals surface area contributed by atoms with E-state index in [1.807, 2.05) is 6.92 Å². The predicted molar refractivity (Wildman–Crippen MR) is 76.2 cm³/mol. The largest absolute Gasteiger partial charge is 0.314 e. The summed E-state index contributed by atoms with van der Waals surface area (Å²) in [6.07, 6.45) is 7.40. The van der Waals surface area contributed by atoms with Gasteiger partial charge in [0.25, 0.3) is 0 Å². The Bertz CT molecular complexity index is 311. The van der Waals surface area contributed by atoms with Crippen molar-refractivity contribution in [1.82, 2.24) is 10.0 Å². The summed E-state index contributed by atoms with van der Waals surface area (Å²) in [5, 5.41) is 3.39. The smallest absolute Gasteiger partial charge is 0.211 e. The second-order valence-corrected chi connectivity index (χ2v) is 7.29. The zero-order chi connectivity index (χ0) is 13.4. The summed E-state index contributed by atoms with van der Waals surface area (Å²) >= 11 is 0. The van der Waals surface area contributed by atoms with Gasteiger partial charge in [-0.1, -0.05) is 26.2 Å². The Morgan fingerprint density at radius 2 is 2.17 bits per heavy atom. The van der Waals surface area contributed by atoms with Crippen molar-refractivity contribution in [1.29, 1.82) is 0 Å². The summed E-state index contributed by atoms with van der Waals surface area (Å²) in [6.45, 7) is 5.10. The zero-order valence-corrected chi connectivity index (χ0v) is 12.6. The average Bonchev–Trinajstić information content (AvgIpc) is 2.35. The van der Waals surface area contributed by atoms with Crippen LogP contribution in [0.25, 0.3) is 0 Å². The molecule has 0 saturated carbocycles. The Kier molecular flexibility index (Phi) is 7.19. The van der Waals surface area contributed by atoms with Gasteiger partial charge in [-0.3, -0.25) is 0 Å². The lowest BCUT2D eigenvalue weighted by Crippen LogP contribution is -2.39. The maximum Gasteiger partial charge on any atom is 0.211 e. The van der Waals surface area contributed by atoms with Crippen molar-refractivity contribution in [2.24, 2.45) is 0 Å². The topological polar surface area (TPSA) is 58.2 Å². The second-order valence-electron chi connectivity index (χ2n) is 5.42. The van der Waals surface area contributed by atoms with Gasteiger partial charge in [-0.05, 0) is 39.2 Å². The summed E-state index contributed by atoms with van der Waals surface area (Å²) < 4.78 is 26.6. The molecule has 0 aromatic carbocycles. The first-order valence-electron chi connectivity index (χ1n) is 7.27. The van der Waals surface area contributed by atoms with Gasteiger partial charge in [-0.15, -0.1) is 0 Å². The molecule has 0 radical (unpaired) electrons. The SMILES string of the molecule is CCCCC(C)NS(=O)(=O)CCC1CCCCN1. The highest BCUT2D eigenvalue weighted by Gasteiger charge is 2.18. The minimum absolute atomic E-state index is 0.0641. The first kappa shape index (κ1) is 15.9. The molecular weight excluding hydrogens is 248 g/mol. The van der Waals surface area contributed by atoms with Crippen LogP contribution in [0.3, 0.4) is 0 Å². The van der Waals surface area contributed by atoms with Crippen LogP contribution in [-0.4, -0.2) is 32.8 Å². The normalized spacial score (nSPS) is 22.9. The van der Waals surface area contributed by atoms with Crippen molar-refractivity contribution in [2.45, 2.75) is 70.9 Å². The van der Waals surface area contributed by atoms with Crippen LogP contribution < -0.4 is 10.0 Å². The molecule has 1 aliphatic heterocycles. The standard InChI is InChI=1S/C13H28N2O2S/c1-3-4-7-12(2)15-18(16,17)11-9-13-8-5-6-10-14-13/h12-15H,3-11H2,1-2H3. The highest BCUT2D eigenvalue weighted by atomic mass is 32.2. The number of piperidine rings is 1. The minimum atomic E-state index is -3.10. The third-order valence-electron chi connectivity index (χ3n) is 3.52. The molecule has 2 N–H and O–H groups in total. The molecule has 108 valence electrons. The molecular formula is C13H28N2O2S. The molecule has 2 atom stereocenters. The number of rotatable bonds is 8. The van der Waals surface area contributed by atoms with E-state index in [2.05, 4.69) is 17.0 Å². The molecule has 4 nitrogen and oxygen atoms in total. The van der Waals surface area contributed by atoms with E-state index < -0.39 is 10.0 Å². The van der Waals surface area contributed by atoms with Gasteiger partial charge in [0.15, 0.2) is 0 Å². The van der Waals surface area contributed by atoms with E-state index in [1.165, 1.54) is 12.8 Å². The van der Waals surface area contributed by atoms with Crippen molar-refractivity contribution in [3.05, 3.63) is 0 Å². The number of nitrogens with one attached hydrogen (secondary N) is 2. The van der Waals surface area contributed by atoms with Gasteiger partial charge in [-0.25, -0.2) is 13.1 Å². The van der Waals surface area contributed by atoms with E-state index in [0.29, 0.717) is 6.04 Å². The van der Waals surface area contributed by atoms with Crippen LogP contribution in [0.1, 0.15) is 58.8 Å². The summed E-state index contributed by atoms with van der Waals surface area (Å²) in [4.78, 5) is 0. The Balaban J connectivity index is 2.25. The second kappa shape index (κ2) is 8.12. The average molecular weight is 276 g/mol. The van der Waals surface area contributed by atoms with Gasteiger partial charge in [0, 0.05) is 12.1 Å². The highest BCUT2D eigenvalue weighted by Crippen LogP contribution is 2.11. The van der Waals surface area contributed by atoms with E-state index in [-0.39, 0.29) is 11.8 Å². The van der Waals surface area contributed by atoms with Crippen molar-refractivity contribution in [2.75, 3.05) is 12.3 Å². The fraction of sp³-hybridized carbons (Fsp3) is 1.00. The quantitative estimate of drug-likeness (QED) is 0.713. The van der Waals surface area contributed by atoms with Crippen molar-refractivity contribution >= 4 is 10.0 Å². The highest BCUT2D eigenvalue weighted by molar-refractivity contribution is 7.89. The first-order chi connectivity index (χ1) is 8.53. The Labute approximate surface area is 112 Å². The lowest BCUT2D eigenvalue weighted by molar-refractivity contribution is 0.392. The van der Waals surface area contributed by atoms with Crippen molar-refractivity contribution < 1.29 is 8.42 Å². The zero-order valence-electron chi connectivity index (χ0n) is 11.7. The molecule has 1 heterocycles. The lowest BCUT2D eigenvalue weighted by Gasteiger charge is -2.23. The van der Waals surface area contributed by atoms with Gasteiger partial charge in [-0.2, -0.15) is 0 Å². The maximum absolute atomic E-state index is 11.9. The van der Waals surface area contributed by atoms with Gasteiger partial charge in [0.1, 0.15) is 0 Å². The van der Waals surface area contributed by atoms with Crippen molar-refractivity contribution in [3.63, 3.8) is 0 Å². The Morgan fingerprint density at radius 1 is 1.39 bits per heavy atom. The van der Waals surface area contributed by atoms with Gasteiger partial charge in [0.05, 0.1) is 5.75 Å². The maximum atomic E-state index is 11.9. The minimum Gasteiger partial charge on any atom is -0.314 e. The molecule has 5 heteroatoms. The van der Waals surface area contributed by atoms with E-state index >= 15 is 0 Å². The molecule has 0 aromatic rings. The van der Waals surface area contributed by atoms with E-state index in [9.17, 15) is 8.42 Å². The van der Waals surface area contributed by atoms with E-state index in [1.54, 1.807) is 0 Å². The molecule has 1 saturated heterocycles. The molecule has 0 bridgehead atoms. The van der Waals surface area contributed by atoms with Gasteiger partial charge < -0.3 is 5.32 Å². The number of sulfonamides is 1. The number of hydrogen-bond acceptors (Lipinski definition) is 3. The Hall–Kier alpha value is -0.130. The van der Waals surface area contributed by atoms with E-state index in [0.717, 1.165) is 38.6 Å². The summed E-state index contributed by atoms with van der Waals surface area (Å²) in [7, 11) is -3.10. The van der Waals surface area contributed by atoms with Crippen molar-refractivity contribution in [3.8, 4) is 0 Å². The summed E-state index contributed by atoms with van der Waals surface area (Å²) in [5.41, 5.74) is 0. The van der Waals surface area contributed by atoms with Crippen LogP contribution in [0.2, 0.25) is 0 Å². The molecule has 1 fully saturated rings. The molecule has 0 amide bonds. The van der Waals surface area contributed by atoms with Crippen LogP contribution >= 0.6 is 0 Å². The van der Waals surface area contributed by atoms with Crippen LogP contribution in [0.4, 0.5) is 0 Å². The lowest BCUT2D eigenvalue weighted by atomic mass is 10.0. The van der Waals surface area contributed by atoms with Crippen LogP contribution in [-0.2, 0) is 10.0 Å². The molecule has 0 aliphatic carbocycles. The molecule has 0 aromatic heterocycles. The monoisotopic (exact) mass is 276 g/mol. The predicted octanol–water partition coefficient (Wildman–Crippen LogP) is 2.02. The van der Waals surface area contributed by atoms with Crippen LogP contribution in [0.15, 0.2) is 0 Å². The number of unbranched alkanes of at least 4 members (excludes halogenated alkanes) is 1. The van der Waals surface area contributed by atoms with Crippen LogP contribution in [0, 0.1) is 0 Å². The third-order valence-corrected chi connectivity index (χ3v) is 5.05. The summed E-state index contributed by atoms with van der Waals surface area (Å²) in [5.74, 6) is 0.251. The molecule has 1 rings (SSSR count). The molecule has 2 unspecified atom stereocenters. The molecule has 0 spiro atoms.